The number of carbonyl (C=O) groups is 4. The SMILES string of the molecule is COc1ccc(OC)c(C=Cc2ccc(N3C(=O)[C@H]4[C@H](CC=C5[C@H]4C[C@H]4C(=O)N(Nc6ncc(C(F)(F)F)cc6Cl)C(=O)[C@@]4(c4ccc(Cl)cc4)[C@H]5c4cc(I)c(O)c(OC)c4)C3=O)cc2)c1. The predicted octanol–water partition coefficient (Wildman–Crippen LogP) is 10.1. The minimum Gasteiger partial charge on any atom is -0.504 e. The molecule has 2 N–H and O–H groups in total. The molecule has 67 heavy (non-hydrogen) atoms. The third kappa shape index (κ3) is 7.66. The molecule has 0 spiro atoms. The fourth-order valence-corrected chi connectivity index (χ4v) is 11.2. The summed E-state index contributed by atoms with van der Waals surface area (Å²) in [4.78, 5) is 65.1. The van der Waals surface area contributed by atoms with Gasteiger partial charge in [-0.05, 0) is 119 Å². The summed E-state index contributed by atoms with van der Waals surface area (Å²) >= 11 is 14.7. The normalized spacial score (nSPS) is 23.5. The van der Waals surface area contributed by atoms with Gasteiger partial charge in [-0.25, -0.2) is 4.98 Å². The second-order valence-corrected chi connectivity index (χ2v) is 18.5. The lowest BCUT2D eigenvalue weighted by Gasteiger charge is -2.50. The number of imide groups is 2. The second-order valence-electron chi connectivity index (χ2n) is 16.5. The summed E-state index contributed by atoms with van der Waals surface area (Å²) in [5, 5.41) is 11.6. The van der Waals surface area contributed by atoms with E-state index in [1.807, 2.05) is 46.9 Å². The van der Waals surface area contributed by atoms with Crippen LogP contribution in [0.4, 0.5) is 24.7 Å². The molecular formula is C49H38Cl2F3IN4O8. The highest BCUT2D eigenvalue weighted by Gasteiger charge is 2.70. The van der Waals surface area contributed by atoms with E-state index in [9.17, 15) is 27.9 Å². The van der Waals surface area contributed by atoms with Gasteiger partial charge in [0.15, 0.2) is 17.3 Å². The molecule has 1 saturated carbocycles. The first-order chi connectivity index (χ1) is 32.0. The van der Waals surface area contributed by atoms with Gasteiger partial charge in [0.1, 0.15) is 11.5 Å². The van der Waals surface area contributed by atoms with Crippen molar-refractivity contribution in [2.45, 2.75) is 30.4 Å². The molecule has 4 aromatic carbocycles. The quantitative estimate of drug-likeness (QED) is 0.0600. The number of hydrogen-bond donors (Lipinski definition) is 2. The first-order valence-corrected chi connectivity index (χ1v) is 22.6. The van der Waals surface area contributed by atoms with Crippen LogP contribution in [-0.4, -0.2) is 60.1 Å². The zero-order valence-electron chi connectivity index (χ0n) is 35.6. The number of fused-ring (bicyclic) bond motifs is 4. The summed E-state index contributed by atoms with van der Waals surface area (Å²) in [7, 11) is 4.51. The van der Waals surface area contributed by atoms with Gasteiger partial charge < -0.3 is 19.3 Å². The predicted molar refractivity (Wildman–Crippen MR) is 252 cm³/mol. The molecule has 9 rings (SSSR count). The van der Waals surface area contributed by atoms with E-state index in [1.165, 1.54) is 12.0 Å². The Morgan fingerprint density at radius 1 is 0.851 bits per heavy atom. The third-order valence-electron chi connectivity index (χ3n) is 13.2. The molecule has 6 atom stereocenters. The van der Waals surface area contributed by atoms with Crippen molar-refractivity contribution < 1.29 is 51.7 Å². The van der Waals surface area contributed by atoms with E-state index in [-0.39, 0.29) is 30.2 Å². The van der Waals surface area contributed by atoms with E-state index in [4.69, 9.17) is 37.4 Å². The number of anilines is 2. The van der Waals surface area contributed by atoms with Gasteiger partial charge in [-0.2, -0.15) is 18.2 Å². The second kappa shape index (κ2) is 17.5. The molecule has 0 bridgehead atoms. The summed E-state index contributed by atoms with van der Waals surface area (Å²) in [6, 6.07) is 22.7. The van der Waals surface area contributed by atoms with Crippen LogP contribution >= 0.6 is 45.8 Å². The maximum Gasteiger partial charge on any atom is 0.417 e. The smallest absolute Gasteiger partial charge is 0.417 e. The number of allylic oxidation sites excluding steroid dienone is 2. The molecule has 3 heterocycles. The van der Waals surface area contributed by atoms with Crippen LogP contribution in [0.25, 0.3) is 12.2 Å². The number of benzene rings is 4. The number of hydrogen-bond acceptors (Lipinski definition) is 10. The van der Waals surface area contributed by atoms with Crippen molar-refractivity contribution >= 4 is 93.1 Å². The summed E-state index contributed by atoms with van der Waals surface area (Å²) in [6.45, 7) is 0. The number of rotatable bonds is 10. The van der Waals surface area contributed by atoms with Crippen LogP contribution in [-0.2, 0) is 30.8 Å². The molecule has 1 aromatic heterocycles. The zero-order chi connectivity index (χ0) is 47.7. The minimum absolute atomic E-state index is 0.0767. The Morgan fingerprint density at radius 2 is 1.57 bits per heavy atom. The number of pyridine rings is 1. The average molecular weight is 1070 g/mol. The molecule has 5 aromatic rings. The number of phenolic OH excluding ortho intramolecular Hbond substituents is 1. The van der Waals surface area contributed by atoms with Crippen molar-refractivity contribution in [3.63, 3.8) is 0 Å². The number of phenols is 1. The molecule has 2 aliphatic heterocycles. The van der Waals surface area contributed by atoms with Crippen LogP contribution in [0, 0.1) is 27.2 Å². The van der Waals surface area contributed by atoms with Crippen molar-refractivity contribution in [1.29, 1.82) is 0 Å². The van der Waals surface area contributed by atoms with E-state index in [0.717, 1.165) is 16.1 Å². The molecule has 0 radical (unpaired) electrons. The highest BCUT2D eigenvalue weighted by atomic mass is 127. The van der Waals surface area contributed by atoms with Gasteiger partial charge in [0, 0.05) is 22.7 Å². The molecule has 344 valence electrons. The third-order valence-corrected chi connectivity index (χ3v) is 14.6. The van der Waals surface area contributed by atoms with Crippen LogP contribution in [0.3, 0.4) is 0 Å². The fourth-order valence-electron chi connectivity index (χ4n) is 10.2. The summed E-state index contributed by atoms with van der Waals surface area (Å²) in [5.74, 6) is -6.43. The molecular weight excluding hydrogens is 1030 g/mol. The largest absolute Gasteiger partial charge is 0.504 e. The van der Waals surface area contributed by atoms with Crippen molar-refractivity contribution in [2.75, 3.05) is 31.7 Å². The number of aromatic nitrogens is 1. The molecule has 2 aliphatic carbocycles. The Bertz CT molecular complexity index is 2930. The molecule has 3 fully saturated rings. The molecule has 4 amide bonds. The van der Waals surface area contributed by atoms with E-state index >= 15 is 9.59 Å². The van der Waals surface area contributed by atoms with Crippen LogP contribution in [0.1, 0.15) is 46.6 Å². The first kappa shape index (κ1) is 46.0. The van der Waals surface area contributed by atoms with Crippen molar-refractivity contribution in [3.8, 4) is 23.0 Å². The number of carbonyl (C=O) groups excluding carboxylic acids is 4. The number of halogens is 6. The first-order valence-electron chi connectivity index (χ1n) is 20.8. The molecule has 12 nitrogen and oxygen atoms in total. The Balaban J connectivity index is 1.13. The Morgan fingerprint density at radius 3 is 2.22 bits per heavy atom. The fraction of sp³-hybridized carbons (Fsp3) is 0.245. The maximum atomic E-state index is 15.6. The van der Waals surface area contributed by atoms with Crippen LogP contribution in [0.2, 0.25) is 10.0 Å². The number of methoxy groups -OCH3 is 3. The standard InChI is InChI=1S/C49H38Cl2F3IN4O8/c1-65-31-14-17-38(66-2)25(18-31)7-4-24-5-12-30(13-6-24)58-44(61)33-16-15-32-34(40(33)46(58)63)22-35-45(62)59(57-43-36(51)21-28(23-56-43)49(52,53)54)47(64)48(35,27-8-10-29(50)11-9-27)41(32)26-19-37(55)42(60)39(20-26)67-3/h4-15,17-21,23,33-35,40-41,60H,16,22H2,1-3H3,(H,56,57)/t33-,34+,35-,40-,41-,48+/m0/s1. The van der Waals surface area contributed by atoms with Crippen molar-refractivity contribution in [3.05, 3.63) is 144 Å². The van der Waals surface area contributed by atoms with Gasteiger partial charge >= 0.3 is 6.18 Å². The number of nitrogens with one attached hydrogen (secondary N) is 1. The monoisotopic (exact) mass is 1060 g/mol. The van der Waals surface area contributed by atoms with Gasteiger partial charge in [-0.15, -0.1) is 0 Å². The highest BCUT2D eigenvalue weighted by molar-refractivity contribution is 14.1. The average Bonchev–Trinajstić information content (AvgIpc) is 3.69. The molecule has 4 aliphatic rings. The lowest BCUT2D eigenvalue weighted by atomic mass is 9.49. The van der Waals surface area contributed by atoms with Gasteiger partial charge in [-0.3, -0.25) is 29.5 Å². The van der Waals surface area contributed by atoms with Crippen molar-refractivity contribution in [1.82, 2.24) is 9.99 Å². The van der Waals surface area contributed by atoms with Crippen LogP contribution in [0.5, 0.6) is 23.0 Å². The van der Waals surface area contributed by atoms with Crippen LogP contribution < -0.4 is 24.5 Å². The van der Waals surface area contributed by atoms with Gasteiger partial charge in [0.2, 0.25) is 11.8 Å². The Hall–Kier alpha value is -6.11. The summed E-state index contributed by atoms with van der Waals surface area (Å²) in [6.07, 6.45) is 1.39. The van der Waals surface area contributed by atoms with Gasteiger partial charge in [0.05, 0.1) is 64.3 Å². The number of amides is 4. The van der Waals surface area contributed by atoms with E-state index < -0.39 is 75.4 Å². The highest BCUT2D eigenvalue weighted by Crippen LogP contribution is 2.65. The lowest BCUT2D eigenvalue weighted by Crippen LogP contribution is -2.53. The number of hydrazine groups is 1. The summed E-state index contributed by atoms with van der Waals surface area (Å²) in [5.41, 5.74) is 3.04. The van der Waals surface area contributed by atoms with E-state index in [2.05, 4.69) is 10.4 Å². The summed E-state index contributed by atoms with van der Waals surface area (Å²) < 4.78 is 57.7. The molecule has 2 saturated heterocycles. The number of aromatic hydroxyl groups is 1. The van der Waals surface area contributed by atoms with E-state index in [0.29, 0.717) is 54.7 Å². The Labute approximate surface area is 405 Å². The number of alkyl halides is 3. The number of ether oxygens (including phenoxy) is 3. The molecule has 18 heteroatoms. The maximum absolute atomic E-state index is 15.6. The topological polar surface area (TPSA) is 148 Å². The Kier molecular flexibility index (Phi) is 12.0. The van der Waals surface area contributed by atoms with Crippen molar-refractivity contribution in [2.24, 2.45) is 23.7 Å². The zero-order valence-corrected chi connectivity index (χ0v) is 39.3. The molecule has 0 unspecified atom stereocenters. The number of nitrogens with zero attached hydrogens (tertiary/aromatic N) is 3. The van der Waals surface area contributed by atoms with Gasteiger partial charge in [-0.1, -0.05) is 71.3 Å². The lowest BCUT2D eigenvalue weighted by molar-refractivity contribution is -0.139. The minimum atomic E-state index is -4.78. The van der Waals surface area contributed by atoms with Crippen LogP contribution in [0.15, 0.2) is 103 Å². The van der Waals surface area contributed by atoms with Gasteiger partial charge in [0.25, 0.3) is 11.8 Å². The van der Waals surface area contributed by atoms with E-state index in [1.54, 1.807) is 87.0 Å².